The van der Waals surface area contributed by atoms with Crippen molar-refractivity contribution in [3.8, 4) is 0 Å². The van der Waals surface area contributed by atoms with Crippen LogP contribution in [0.3, 0.4) is 0 Å². The Morgan fingerprint density at radius 2 is 2.04 bits per heavy atom. The molecule has 144 valence electrons. The van der Waals surface area contributed by atoms with E-state index >= 15 is 0 Å². The number of aromatic nitrogens is 3. The Morgan fingerprint density at radius 3 is 2.81 bits per heavy atom. The van der Waals surface area contributed by atoms with E-state index in [4.69, 9.17) is 0 Å². The molecule has 26 heavy (non-hydrogen) atoms. The van der Waals surface area contributed by atoms with Gasteiger partial charge in [0.25, 0.3) is 0 Å². The minimum atomic E-state index is 0. The molecule has 2 aromatic heterocycles. The predicted octanol–water partition coefficient (Wildman–Crippen LogP) is 2.13. The third-order valence-corrected chi connectivity index (χ3v) is 4.79. The lowest BCUT2D eigenvalue weighted by molar-refractivity contribution is 0.213. The molecule has 8 heteroatoms. The lowest BCUT2D eigenvalue weighted by atomic mass is 9.94. The molecule has 3 rings (SSSR count). The van der Waals surface area contributed by atoms with Crippen molar-refractivity contribution >= 4 is 35.6 Å². The van der Waals surface area contributed by atoms with E-state index < -0.39 is 0 Å². The zero-order valence-electron chi connectivity index (χ0n) is 15.7. The van der Waals surface area contributed by atoms with Crippen LogP contribution in [0.1, 0.15) is 32.0 Å². The molecule has 1 fully saturated rings. The van der Waals surface area contributed by atoms with E-state index in [9.17, 15) is 0 Å². The molecule has 1 saturated heterocycles. The number of fused-ring (bicyclic) bond motifs is 1. The van der Waals surface area contributed by atoms with Crippen molar-refractivity contribution < 1.29 is 0 Å². The van der Waals surface area contributed by atoms with Crippen LogP contribution < -0.4 is 10.6 Å². The summed E-state index contributed by atoms with van der Waals surface area (Å²) >= 11 is 0. The molecular weight excluding hydrogens is 441 g/mol. The molecule has 0 aliphatic carbocycles. The van der Waals surface area contributed by atoms with Gasteiger partial charge in [-0.15, -0.1) is 34.2 Å². The average molecular weight is 471 g/mol. The van der Waals surface area contributed by atoms with Crippen LogP contribution in [-0.4, -0.2) is 58.7 Å². The smallest absolute Gasteiger partial charge is 0.191 e. The Balaban J connectivity index is 0.00000243. The standard InChI is InChI=1S/C18H29N7.HI/c1-3-19-18(20-10-7-15-8-12-24(2)13-9-15)21-14-17-23-22-16-6-4-5-11-25(16)17;/h4-6,11,15H,3,7-10,12-14H2,1-2H3,(H2,19,20,21);1H. The predicted molar refractivity (Wildman–Crippen MR) is 116 cm³/mol. The fourth-order valence-corrected chi connectivity index (χ4v) is 3.24. The molecule has 1 aliphatic heterocycles. The number of likely N-dealkylation sites (tertiary alicyclic amines) is 1. The summed E-state index contributed by atoms with van der Waals surface area (Å²) in [7, 11) is 2.21. The quantitative estimate of drug-likeness (QED) is 0.384. The van der Waals surface area contributed by atoms with E-state index in [0.717, 1.165) is 36.4 Å². The number of aliphatic imine (C=N–C) groups is 1. The number of halogens is 1. The van der Waals surface area contributed by atoms with E-state index in [1.807, 2.05) is 28.8 Å². The largest absolute Gasteiger partial charge is 0.357 e. The first-order valence-electron chi connectivity index (χ1n) is 9.25. The summed E-state index contributed by atoms with van der Waals surface area (Å²) in [5, 5.41) is 15.2. The molecule has 0 aromatic carbocycles. The number of rotatable bonds is 6. The van der Waals surface area contributed by atoms with Crippen LogP contribution in [0.15, 0.2) is 29.4 Å². The van der Waals surface area contributed by atoms with Gasteiger partial charge in [0.15, 0.2) is 17.4 Å². The van der Waals surface area contributed by atoms with Gasteiger partial charge < -0.3 is 15.5 Å². The highest BCUT2D eigenvalue weighted by molar-refractivity contribution is 14.0. The van der Waals surface area contributed by atoms with Crippen molar-refractivity contribution in [1.82, 2.24) is 30.1 Å². The van der Waals surface area contributed by atoms with Gasteiger partial charge in [0.05, 0.1) is 0 Å². The second kappa shape index (κ2) is 10.7. The van der Waals surface area contributed by atoms with Gasteiger partial charge in [0, 0.05) is 19.3 Å². The van der Waals surface area contributed by atoms with Gasteiger partial charge in [-0.1, -0.05) is 6.07 Å². The first-order valence-corrected chi connectivity index (χ1v) is 9.25. The summed E-state index contributed by atoms with van der Waals surface area (Å²) in [5.41, 5.74) is 0.855. The number of guanidine groups is 1. The minimum absolute atomic E-state index is 0. The molecule has 0 radical (unpaired) electrons. The maximum Gasteiger partial charge on any atom is 0.191 e. The van der Waals surface area contributed by atoms with Crippen LogP contribution in [0.25, 0.3) is 5.65 Å². The monoisotopic (exact) mass is 471 g/mol. The van der Waals surface area contributed by atoms with Crippen LogP contribution in [0, 0.1) is 5.92 Å². The van der Waals surface area contributed by atoms with Crippen LogP contribution in [-0.2, 0) is 6.54 Å². The molecule has 2 N–H and O–H groups in total. The first-order chi connectivity index (χ1) is 12.3. The van der Waals surface area contributed by atoms with Crippen molar-refractivity contribution in [2.75, 3.05) is 33.2 Å². The molecule has 3 heterocycles. The minimum Gasteiger partial charge on any atom is -0.357 e. The lowest BCUT2D eigenvalue weighted by Gasteiger charge is -2.29. The summed E-state index contributed by atoms with van der Waals surface area (Å²) in [5.74, 6) is 2.53. The highest BCUT2D eigenvalue weighted by Gasteiger charge is 2.16. The summed E-state index contributed by atoms with van der Waals surface area (Å²) in [4.78, 5) is 7.08. The Morgan fingerprint density at radius 1 is 1.23 bits per heavy atom. The molecule has 0 atom stereocenters. The van der Waals surface area contributed by atoms with E-state index in [0.29, 0.717) is 6.54 Å². The molecular formula is C18H30IN7. The number of hydrogen-bond donors (Lipinski definition) is 2. The van der Waals surface area contributed by atoms with Gasteiger partial charge in [-0.25, -0.2) is 4.99 Å². The van der Waals surface area contributed by atoms with E-state index in [-0.39, 0.29) is 24.0 Å². The van der Waals surface area contributed by atoms with E-state index in [2.05, 4.69) is 44.7 Å². The fourth-order valence-electron chi connectivity index (χ4n) is 3.24. The first kappa shape index (κ1) is 20.9. The van der Waals surface area contributed by atoms with Gasteiger partial charge in [0.1, 0.15) is 6.54 Å². The molecule has 0 bridgehead atoms. The number of hydrogen-bond acceptors (Lipinski definition) is 4. The lowest BCUT2D eigenvalue weighted by Crippen LogP contribution is -2.39. The van der Waals surface area contributed by atoms with Gasteiger partial charge in [-0.05, 0) is 64.4 Å². The Labute approximate surface area is 172 Å². The maximum atomic E-state index is 4.66. The van der Waals surface area contributed by atoms with Crippen LogP contribution >= 0.6 is 24.0 Å². The molecule has 7 nitrogen and oxygen atoms in total. The maximum absolute atomic E-state index is 4.66. The van der Waals surface area contributed by atoms with Gasteiger partial charge in [-0.2, -0.15) is 0 Å². The highest BCUT2D eigenvalue weighted by atomic mass is 127. The number of pyridine rings is 1. The zero-order valence-corrected chi connectivity index (χ0v) is 18.0. The van der Waals surface area contributed by atoms with Crippen LogP contribution in [0.5, 0.6) is 0 Å². The summed E-state index contributed by atoms with van der Waals surface area (Å²) in [6.45, 7) is 6.84. The Bertz CT molecular complexity index is 692. The van der Waals surface area contributed by atoms with Gasteiger partial charge >= 0.3 is 0 Å². The molecule has 1 aliphatic rings. The van der Waals surface area contributed by atoms with Crippen molar-refractivity contribution in [1.29, 1.82) is 0 Å². The fraction of sp³-hybridized carbons (Fsp3) is 0.611. The third-order valence-electron chi connectivity index (χ3n) is 4.79. The molecule has 0 saturated carbocycles. The second-order valence-corrected chi connectivity index (χ2v) is 6.70. The van der Waals surface area contributed by atoms with Crippen molar-refractivity contribution in [2.45, 2.75) is 32.7 Å². The normalized spacial score (nSPS) is 16.5. The average Bonchev–Trinajstić information content (AvgIpc) is 3.04. The topological polar surface area (TPSA) is 69.8 Å². The van der Waals surface area contributed by atoms with Crippen molar-refractivity contribution in [2.24, 2.45) is 10.9 Å². The molecule has 0 amide bonds. The number of nitrogens with zero attached hydrogens (tertiary/aromatic N) is 5. The summed E-state index contributed by atoms with van der Waals surface area (Å²) in [6.07, 6.45) is 5.78. The van der Waals surface area contributed by atoms with E-state index in [1.54, 1.807) is 0 Å². The summed E-state index contributed by atoms with van der Waals surface area (Å²) < 4.78 is 1.98. The second-order valence-electron chi connectivity index (χ2n) is 6.70. The van der Waals surface area contributed by atoms with Crippen molar-refractivity contribution in [3.63, 3.8) is 0 Å². The van der Waals surface area contributed by atoms with Crippen LogP contribution in [0.4, 0.5) is 0 Å². The third kappa shape index (κ3) is 5.80. The number of piperidine rings is 1. The zero-order chi connectivity index (χ0) is 17.5. The van der Waals surface area contributed by atoms with Gasteiger partial charge in [-0.3, -0.25) is 4.40 Å². The van der Waals surface area contributed by atoms with E-state index in [1.165, 1.54) is 32.4 Å². The number of nitrogens with one attached hydrogen (secondary N) is 2. The van der Waals surface area contributed by atoms with Crippen LogP contribution in [0.2, 0.25) is 0 Å². The molecule has 2 aromatic rings. The Kier molecular flexibility index (Phi) is 8.56. The van der Waals surface area contributed by atoms with Gasteiger partial charge in [0.2, 0.25) is 0 Å². The molecule has 0 spiro atoms. The SMILES string of the molecule is CCNC(=NCc1nnc2ccccn12)NCCC1CCN(C)CC1.I. The Hall–Kier alpha value is -1.42. The highest BCUT2D eigenvalue weighted by Crippen LogP contribution is 2.18. The van der Waals surface area contributed by atoms with Crippen molar-refractivity contribution in [3.05, 3.63) is 30.2 Å². The molecule has 0 unspecified atom stereocenters. The summed E-state index contributed by atoms with van der Waals surface area (Å²) in [6, 6.07) is 5.89.